The van der Waals surface area contributed by atoms with Crippen molar-refractivity contribution in [1.82, 2.24) is 46.2 Å². The van der Waals surface area contributed by atoms with Crippen molar-refractivity contribution in [2.75, 3.05) is 6.54 Å². The summed E-state index contributed by atoms with van der Waals surface area (Å²) in [7, 11) is 0. The van der Waals surface area contributed by atoms with Gasteiger partial charge in [0.1, 0.15) is 18.1 Å². The normalized spacial score (nSPS) is 16.9. The molecule has 220 valence electrons. The summed E-state index contributed by atoms with van der Waals surface area (Å²) in [5, 5.41) is 22.0. The number of fused-ring (bicyclic) bond motifs is 1. The third-order valence-electron chi connectivity index (χ3n) is 7.31. The number of nitrogens with zero attached hydrogens (tertiary/aromatic N) is 2. The molecule has 1 aliphatic rings. The Morgan fingerprint density at radius 3 is 2.12 bits per heavy atom. The quantitative estimate of drug-likeness (QED) is 0.108. The number of nitrogens with one attached hydrogen (secondary N) is 7. The minimum Gasteiger partial charge on any atom is -0.480 e. The third-order valence-corrected chi connectivity index (χ3v) is 7.31. The average Bonchev–Trinajstić information content (AvgIpc) is 3.80. The zero-order valence-corrected chi connectivity index (χ0v) is 22.7. The van der Waals surface area contributed by atoms with E-state index in [9.17, 15) is 24.3 Å². The number of amides is 3. The molecule has 3 aromatic heterocycles. The topological polar surface area (TPSA) is 210 Å². The molecule has 0 saturated carbocycles. The lowest BCUT2D eigenvalue weighted by molar-refractivity contribution is -0.142. The van der Waals surface area contributed by atoms with Crippen LogP contribution in [0.25, 0.3) is 10.9 Å². The molecule has 0 bridgehead atoms. The van der Waals surface area contributed by atoms with Gasteiger partial charge >= 0.3 is 5.97 Å². The number of carbonyl (C=O) groups excluding carboxylic acids is 3. The number of carboxylic acids is 1. The number of benzene rings is 1. The van der Waals surface area contributed by atoms with Gasteiger partial charge in [-0.25, -0.2) is 14.8 Å². The van der Waals surface area contributed by atoms with Crippen LogP contribution < -0.4 is 21.3 Å². The summed E-state index contributed by atoms with van der Waals surface area (Å²) in [5.74, 6) is -2.81. The number of carboxylic acid groups (broad SMARTS) is 1. The third kappa shape index (κ3) is 7.01. The fourth-order valence-corrected chi connectivity index (χ4v) is 5.10. The van der Waals surface area contributed by atoms with Crippen LogP contribution in [0.5, 0.6) is 0 Å². The lowest BCUT2D eigenvalue weighted by Gasteiger charge is -2.25. The van der Waals surface area contributed by atoms with Crippen LogP contribution in [0.15, 0.2) is 55.5 Å². The Balaban J connectivity index is 1.36. The molecule has 0 aliphatic carbocycles. The Morgan fingerprint density at radius 2 is 1.50 bits per heavy atom. The molecule has 14 heteroatoms. The first-order valence-electron chi connectivity index (χ1n) is 13.7. The molecule has 3 amide bonds. The van der Waals surface area contributed by atoms with Crippen LogP contribution in [-0.2, 0) is 38.4 Å². The molecule has 42 heavy (non-hydrogen) atoms. The van der Waals surface area contributed by atoms with Crippen molar-refractivity contribution in [2.24, 2.45) is 0 Å². The number of aromatic nitrogens is 5. The van der Waals surface area contributed by atoms with E-state index in [2.05, 4.69) is 46.2 Å². The van der Waals surface area contributed by atoms with Gasteiger partial charge in [0.15, 0.2) is 0 Å². The zero-order chi connectivity index (χ0) is 29.5. The number of rotatable bonds is 13. The first kappa shape index (κ1) is 28.5. The number of hydrogen-bond acceptors (Lipinski definition) is 7. The lowest BCUT2D eigenvalue weighted by atomic mass is 10.0. The van der Waals surface area contributed by atoms with Gasteiger partial charge in [-0.05, 0) is 31.0 Å². The largest absolute Gasteiger partial charge is 0.480 e. The molecule has 14 nitrogen and oxygen atoms in total. The van der Waals surface area contributed by atoms with Crippen molar-refractivity contribution in [3.8, 4) is 0 Å². The summed E-state index contributed by atoms with van der Waals surface area (Å²) >= 11 is 0. The van der Waals surface area contributed by atoms with E-state index >= 15 is 0 Å². The van der Waals surface area contributed by atoms with Crippen molar-refractivity contribution in [3.05, 3.63) is 72.5 Å². The molecule has 0 radical (unpaired) electrons. The average molecular weight is 576 g/mol. The van der Waals surface area contributed by atoms with Gasteiger partial charge in [0, 0.05) is 60.1 Å². The second-order valence-corrected chi connectivity index (χ2v) is 10.3. The minimum atomic E-state index is -1.27. The number of aromatic amines is 3. The number of hydrogen-bond donors (Lipinski definition) is 8. The Kier molecular flexibility index (Phi) is 8.92. The van der Waals surface area contributed by atoms with Gasteiger partial charge in [0.05, 0.1) is 18.7 Å². The van der Waals surface area contributed by atoms with Crippen LogP contribution >= 0.6 is 0 Å². The highest BCUT2D eigenvalue weighted by Crippen LogP contribution is 2.19. The molecule has 4 unspecified atom stereocenters. The van der Waals surface area contributed by atoms with Crippen LogP contribution in [0.4, 0.5) is 0 Å². The van der Waals surface area contributed by atoms with Gasteiger partial charge in [-0.15, -0.1) is 0 Å². The van der Waals surface area contributed by atoms with E-state index in [1.165, 1.54) is 25.0 Å². The SMILES string of the molecule is O=C(O)C(Cc1cnc[nH]1)NC(=O)C(Cc1cnc[nH]1)NC(=O)C(Cc1c[nH]c2ccccc12)NC(=O)C1CCCN1. The Labute approximate surface area is 240 Å². The second-order valence-electron chi connectivity index (χ2n) is 10.3. The van der Waals surface area contributed by atoms with Crippen LogP contribution in [0.2, 0.25) is 0 Å². The highest BCUT2D eigenvalue weighted by Gasteiger charge is 2.32. The fraction of sp³-hybridized carbons (Fsp3) is 0.357. The van der Waals surface area contributed by atoms with Crippen molar-refractivity contribution in [3.63, 3.8) is 0 Å². The monoisotopic (exact) mass is 575 g/mol. The highest BCUT2D eigenvalue weighted by atomic mass is 16.4. The van der Waals surface area contributed by atoms with Gasteiger partial charge in [-0.2, -0.15) is 0 Å². The van der Waals surface area contributed by atoms with Gasteiger partial charge in [-0.1, -0.05) is 18.2 Å². The number of carbonyl (C=O) groups is 4. The van der Waals surface area contributed by atoms with Crippen LogP contribution in [0.3, 0.4) is 0 Å². The number of aliphatic carboxylic acids is 1. The maximum absolute atomic E-state index is 13.8. The maximum atomic E-state index is 13.8. The molecule has 1 aliphatic heterocycles. The Hall–Kier alpha value is -4.98. The predicted octanol–water partition coefficient (Wildman–Crippen LogP) is -0.0670. The molecule has 1 saturated heterocycles. The smallest absolute Gasteiger partial charge is 0.326 e. The van der Waals surface area contributed by atoms with E-state index in [-0.39, 0.29) is 25.2 Å². The molecular formula is C28H33N9O5. The van der Waals surface area contributed by atoms with E-state index in [1.807, 2.05) is 24.3 Å². The van der Waals surface area contributed by atoms with Gasteiger partial charge in [-0.3, -0.25) is 14.4 Å². The zero-order valence-electron chi connectivity index (χ0n) is 22.7. The van der Waals surface area contributed by atoms with Gasteiger partial charge < -0.3 is 41.3 Å². The van der Waals surface area contributed by atoms with Gasteiger partial charge in [0.25, 0.3) is 0 Å². The molecule has 0 spiro atoms. The summed E-state index contributed by atoms with van der Waals surface area (Å²) < 4.78 is 0. The highest BCUT2D eigenvalue weighted by molar-refractivity contribution is 5.95. The number of H-pyrrole nitrogens is 3. The molecule has 1 aromatic carbocycles. The first-order valence-corrected chi connectivity index (χ1v) is 13.7. The number of imidazole rings is 2. The summed E-state index contributed by atoms with van der Waals surface area (Å²) in [6.45, 7) is 0.715. The van der Waals surface area contributed by atoms with E-state index in [1.54, 1.807) is 6.20 Å². The number of para-hydroxylation sites is 1. The van der Waals surface area contributed by atoms with Crippen molar-refractivity contribution >= 4 is 34.6 Å². The molecule has 4 atom stereocenters. The van der Waals surface area contributed by atoms with Crippen LogP contribution in [-0.4, -0.2) is 84.4 Å². The lowest BCUT2D eigenvalue weighted by Crippen LogP contribution is -2.58. The Bertz CT molecular complexity index is 1510. The van der Waals surface area contributed by atoms with Crippen molar-refractivity contribution < 1.29 is 24.3 Å². The Morgan fingerprint density at radius 1 is 0.857 bits per heavy atom. The predicted molar refractivity (Wildman–Crippen MR) is 151 cm³/mol. The second kappa shape index (κ2) is 13.1. The van der Waals surface area contributed by atoms with Crippen LogP contribution in [0.1, 0.15) is 29.8 Å². The maximum Gasteiger partial charge on any atom is 0.326 e. The summed E-state index contributed by atoms with van der Waals surface area (Å²) in [6, 6.07) is 3.79. The molecule has 4 aromatic rings. The summed E-state index contributed by atoms with van der Waals surface area (Å²) in [6.07, 6.45) is 9.33. The van der Waals surface area contributed by atoms with E-state index in [4.69, 9.17) is 0 Å². The summed E-state index contributed by atoms with van der Waals surface area (Å²) in [4.78, 5) is 69.0. The standard InChI is InChI=1S/C28H33N9O5/c38-25(21-6-3-7-31-21)35-22(8-16-11-32-20-5-2-1-4-19(16)20)26(39)36-23(9-17-12-29-14-33-17)27(40)37-24(28(41)42)10-18-13-30-15-34-18/h1-2,4-5,11-15,21-24,31-32H,3,6-10H2,(H,29,33)(H,30,34)(H,35,38)(H,36,39)(H,37,40)(H,41,42). The molecular weight excluding hydrogens is 542 g/mol. The fourth-order valence-electron chi connectivity index (χ4n) is 5.10. The van der Waals surface area contributed by atoms with Crippen LogP contribution in [0, 0.1) is 0 Å². The van der Waals surface area contributed by atoms with Gasteiger partial charge in [0.2, 0.25) is 17.7 Å². The van der Waals surface area contributed by atoms with E-state index < -0.39 is 42.0 Å². The van der Waals surface area contributed by atoms with Crippen molar-refractivity contribution in [1.29, 1.82) is 0 Å². The molecule has 8 N–H and O–H groups in total. The first-order chi connectivity index (χ1) is 20.4. The van der Waals surface area contributed by atoms with E-state index in [0.717, 1.165) is 22.9 Å². The summed E-state index contributed by atoms with van der Waals surface area (Å²) in [5.41, 5.74) is 2.80. The van der Waals surface area contributed by atoms with E-state index in [0.29, 0.717) is 24.4 Å². The molecule has 1 fully saturated rings. The molecule has 5 rings (SSSR count). The van der Waals surface area contributed by atoms with Crippen molar-refractivity contribution in [2.45, 2.75) is 56.3 Å². The molecule has 4 heterocycles. The minimum absolute atomic E-state index is 0.0197.